The highest BCUT2D eigenvalue weighted by Gasteiger charge is 2.27. The Hall–Kier alpha value is -2.08. The van der Waals surface area contributed by atoms with E-state index in [0.29, 0.717) is 43.5 Å². The standard InChI is InChI=1S/C25H32N4O4S2.ClH/c1-18-16-19(2)23-22(17-18)26-25(34-23)29(11-5-10-27(3)4)24(30)20-6-8-21(9-7-20)35(31,32)28-12-14-33-15-13-28;/h6-9,16-17H,5,10-15H2,1-4H3;1H. The molecule has 2 heterocycles. The van der Waals surface area contributed by atoms with Gasteiger partial charge in [0.15, 0.2) is 5.13 Å². The molecule has 1 saturated heterocycles. The summed E-state index contributed by atoms with van der Waals surface area (Å²) in [5.74, 6) is -0.187. The Kier molecular flexibility index (Phi) is 9.48. The summed E-state index contributed by atoms with van der Waals surface area (Å²) in [6.45, 7) is 6.89. The topological polar surface area (TPSA) is 83.1 Å². The van der Waals surface area contributed by atoms with Crippen molar-refractivity contribution >= 4 is 55.0 Å². The fourth-order valence-corrected chi connectivity index (χ4v) is 6.62. The van der Waals surface area contributed by atoms with E-state index in [-0.39, 0.29) is 23.2 Å². The molecule has 2 aromatic carbocycles. The van der Waals surface area contributed by atoms with Crippen LogP contribution in [-0.4, -0.2) is 82.0 Å². The first kappa shape index (κ1) is 28.5. The minimum atomic E-state index is -3.61. The Morgan fingerprint density at radius 1 is 1.08 bits per heavy atom. The normalized spacial score (nSPS) is 14.7. The van der Waals surface area contributed by atoms with Crippen molar-refractivity contribution < 1.29 is 17.9 Å². The zero-order chi connectivity index (χ0) is 25.2. The monoisotopic (exact) mass is 552 g/mol. The zero-order valence-corrected chi connectivity index (χ0v) is 23.5. The van der Waals surface area contributed by atoms with E-state index in [4.69, 9.17) is 9.72 Å². The van der Waals surface area contributed by atoms with Gasteiger partial charge in [0.1, 0.15) is 0 Å². The van der Waals surface area contributed by atoms with Crippen LogP contribution < -0.4 is 4.90 Å². The van der Waals surface area contributed by atoms with Crippen molar-refractivity contribution in [2.24, 2.45) is 0 Å². The van der Waals surface area contributed by atoms with Crippen molar-refractivity contribution in [3.05, 3.63) is 53.1 Å². The summed E-state index contributed by atoms with van der Waals surface area (Å²) < 4.78 is 33.7. The summed E-state index contributed by atoms with van der Waals surface area (Å²) in [5.41, 5.74) is 3.60. The molecule has 0 bridgehead atoms. The van der Waals surface area contributed by atoms with Crippen LogP contribution in [0.1, 0.15) is 27.9 Å². The third-order valence-electron chi connectivity index (χ3n) is 5.98. The molecule has 0 unspecified atom stereocenters. The number of morpholine rings is 1. The lowest BCUT2D eigenvalue weighted by atomic mass is 10.1. The Bertz CT molecular complexity index is 1300. The summed E-state index contributed by atoms with van der Waals surface area (Å²) in [5, 5.41) is 0.655. The highest BCUT2D eigenvalue weighted by atomic mass is 35.5. The summed E-state index contributed by atoms with van der Waals surface area (Å²) in [6, 6.07) is 10.4. The first-order chi connectivity index (χ1) is 16.7. The summed E-state index contributed by atoms with van der Waals surface area (Å²) >= 11 is 1.51. The number of rotatable bonds is 8. The number of fused-ring (bicyclic) bond motifs is 1. The number of sulfonamides is 1. The molecule has 1 aliphatic heterocycles. The van der Waals surface area contributed by atoms with Crippen LogP contribution in [-0.2, 0) is 14.8 Å². The molecule has 196 valence electrons. The lowest BCUT2D eigenvalue weighted by Crippen LogP contribution is -2.40. The van der Waals surface area contributed by atoms with Crippen molar-refractivity contribution in [1.29, 1.82) is 0 Å². The van der Waals surface area contributed by atoms with Gasteiger partial charge in [0.05, 0.1) is 28.3 Å². The average molecular weight is 553 g/mol. The minimum Gasteiger partial charge on any atom is -0.379 e. The molecular formula is C25H33ClN4O4S2. The zero-order valence-electron chi connectivity index (χ0n) is 21.1. The lowest BCUT2D eigenvalue weighted by molar-refractivity contribution is 0.0730. The van der Waals surface area contributed by atoms with Crippen LogP contribution in [0.5, 0.6) is 0 Å². The molecule has 11 heteroatoms. The molecule has 36 heavy (non-hydrogen) atoms. The molecule has 8 nitrogen and oxygen atoms in total. The Labute approximate surface area is 223 Å². The van der Waals surface area contributed by atoms with Crippen LogP contribution in [0.25, 0.3) is 10.2 Å². The molecule has 0 spiro atoms. The number of hydrogen-bond donors (Lipinski definition) is 0. The van der Waals surface area contributed by atoms with Gasteiger partial charge in [-0.1, -0.05) is 17.4 Å². The summed E-state index contributed by atoms with van der Waals surface area (Å²) in [7, 11) is 0.393. The molecule has 1 fully saturated rings. The number of halogens is 1. The highest BCUT2D eigenvalue weighted by molar-refractivity contribution is 7.89. The molecule has 1 amide bonds. The third kappa shape index (κ3) is 6.24. The van der Waals surface area contributed by atoms with E-state index in [1.807, 2.05) is 27.1 Å². The van der Waals surface area contributed by atoms with Gasteiger partial charge in [-0.25, -0.2) is 13.4 Å². The van der Waals surface area contributed by atoms with E-state index < -0.39 is 10.0 Å². The number of aryl methyl sites for hydroxylation is 2. The third-order valence-corrected chi connectivity index (χ3v) is 9.12. The number of amides is 1. The van der Waals surface area contributed by atoms with Crippen molar-refractivity contribution in [2.75, 3.05) is 58.4 Å². The number of benzene rings is 2. The molecule has 0 N–H and O–H groups in total. The second kappa shape index (κ2) is 12.0. The Morgan fingerprint density at radius 2 is 1.75 bits per heavy atom. The van der Waals surface area contributed by atoms with Crippen LogP contribution in [0.4, 0.5) is 5.13 Å². The van der Waals surface area contributed by atoms with E-state index in [1.54, 1.807) is 17.0 Å². The fraction of sp³-hybridized carbons (Fsp3) is 0.440. The van der Waals surface area contributed by atoms with Crippen molar-refractivity contribution in [3.63, 3.8) is 0 Å². The number of carbonyl (C=O) groups is 1. The summed E-state index contributed by atoms with van der Waals surface area (Å²) in [4.78, 5) is 22.4. The number of ether oxygens (including phenoxy) is 1. The van der Waals surface area contributed by atoms with E-state index in [0.717, 1.165) is 34.3 Å². The Morgan fingerprint density at radius 3 is 2.39 bits per heavy atom. The molecule has 0 aliphatic carbocycles. The highest BCUT2D eigenvalue weighted by Crippen LogP contribution is 2.33. The van der Waals surface area contributed by atoms with E-state index in [9.17, 15) is 13.2 Å². The maximum absolute atomic E-state index is 13.6. The summed E-state index contributed by atoms with van der Waals surface area (Å²) in [6.07, 6.45) is 0.788. The van der Waals surface area contributed by atoms with Gasteiger partial charge in [0.25, 0.3) is 5.91 Å². The molecule has 0 atom stereocenters. The number of anilines is 1. The quantitative estimate of drug-likeness (QED) is 0.421. The smallest absolute Gasteiger partial charge is 0.260 e. The molecule has 1 aliphatic rings. The predicted octanol–water partition coefficient (Wildman–Crippen LogP) is 3.95. The van der Waals surface area contributed by atoms with Crippen molar-refractivity contribution in [3.8, 4) is 0 Å². The number of aromatic nitrogens is 1. The molecule has 1 aromatic heterocycles. The second-order valence-corrected chi connectivity index (χ2v) is 12.0. The van der Waals surface area contributed by atoms with Gasteiger partial charge in [-0.05, 0) is 82.4 Å². The number of carbonyl (C=O) groups excluding carboxylic acids is 1. The van der Waals surface area contributed by atoms with Gasteiger partial charge < -0.3 is 9.64 Å². The average Bonchev–Trinajstić information content (AvgIpc) is 3.26. The van der Waals surface area contributed by atoms with Crippen molar-refractivity contribution in [2.45, 2.75) is 25.2 Å². The fourth-order valence-electron chi connectivity index (χ4n) is 4.17. The molecular weight excluding hydrogens is 520 g/mol. The predicted molar refractivity (Wildman–Crippen MR) is 147 cm³/mol. The van der Waals surface area contributed by atoms with Gasteiger partial charge in [-0.15, -0.1) is 12.4 Å². The van der Waals surface area contributed by atoms with Crippen LogP contribution in [0.3, 0.4) is 0 Å². The second-order valence-electron chi connectivity index (χ2n) is 9.08. The molecule has 3 aromatic rings. The molecule has 0 saturated carbocycles. The largest absolute Gasteiger partial charge is 0.379 e. The van der Waals surface area contributed by atoms with Gasteiger partial charge in [-0.3, -0.25) is 9.69 Å². The maximum atomic E-state index is 13.6. The van der Waals surface area contributed by atoms with Crippen LogP contribution in [0.15, 0.2) is 41.3 Å². The van der Waals surface area contributed by atoms with Gasteiger partial charge in [0, 0.05) is 25.2 Å². The maximum Gasteiger partial charge on any atom is 0.260 e. The van der Waals surface area contributed by atoms with Gasteiger partial charge in [0.2, 0.25) is 10.0 Å². The number of thiazole rings is 1. The Balaban J connectivity index is 0.00000361. The SMILES string of the molecule is Cc1cc(C)c2sc(N(CCCN(C)C)C(=O)c3ccc(S(=O)(=O)N4CCOCC4)cc3)nc2c1.Cl. The first-order valence-electron chi connectivity index (χ1n) is 11.7. The first-order valence-corrected chi connectivity index (χ1v) is 13.9. The van der Waals surface area contributed by atoms with Gasteiger partial charge in [-0.2, -0.15) is 4.31 Å². The lowest BCUT2D eigenvalue weighted by Gasteiger charge is -2.26. The van der Waals surface area contributed by atoms with Crippen LogP contribution >= 0.6 is 23.7 Å². The van der Waals surface area contributed by atoms with Crippen LogP contribution in [0, 0.1) is 13.8 Å². The van der Waals surface area contributed by atoms with E-state index in [2.05, 4.69) is 17.9 Å². The van der Waals surface area contributed by atoms with E-state index in [1.165, 1.54) is 27.8 Å². The molecule has 4 rings (SSSR count). The molecule has 0 radical (unpaired) electrons. The van der Waals surface area contributed by atoms with E-state index >= 15 is 0 Å². The van der Waals surface area contributed by atoms with Crippen molar-refractivity contribution in [1.82, 2.24) is 14.2 Å². The van der Waals surface area contributed by atoms with Gasteiger partial charge >= 0.3 is 0 Å². The van der Waals surface area contributed by atoms with Crippen LogP contribution in [0.2, 0.25) is 0 Å². The number of hydrogen-bond acceptors (Lipinski definition) is 7. The number of nitrogens with zero attached hydrogens (tertiary/aromatic N) is 4. The minimum absolute atomic E-state index is 0.